The number of para-hydroxylation sites is 1. The second-order valence-electron chi connectivity index (χ2n) is 3.72. The third-order valence-corrected chi connectivity index (χ3v) is 2.68. The molecule has 0 aromatic heterocycles. The van der Waals surface area contributed by atoms with Crippen LogP contribution in [0.2, 0.25) is 0 Å². The summed E-state index contributed by atoms with van der Waals surface area (Å²) in [4.78, 5) is 0. The third-order valence-electron chi connectivity index (χ3n) is 2.30. The molecule has 2 rings (SSSR count). The molecule has 0 bridgehead atoms. The van der Waals surface area contributed by atoms with Crippen LogP contribution in [0.3, 0.4) is 0 Å². The number of thiocarbonyl (C=S) groups is 1. The Morgan fingerprint density at radius 3 is 2.26 bits per heavy atom. The Bertz CT molecular complexity index is 529. The van der Waals surface area contributed by atoms with Crippen LogP contribution < -0.4 is 9.47 Å². The highest BCUT2D eigenvalue weighted by Crippen LogP contribution is 2.25. The van der Waals surface area contributed by atoms with Crippen molar-refractivity contribution in [1.29, 1.82) is 0 Å². The van der Waals surface area contributed by atoms with Crippen molar-refractivity contribution in [2.75, 3.05) is 0 Å². The SMILES string of the molecule is CCC(=S)Oc1cccc(Oc2ccccc2)c1.Cl. The Kier molecular flexibility index (Phi) is 6.33. The molecule has 0 aliphatic carbocycles. The first-order chi connectivity index (χ1) is 8.78. The Hall–Kier alpha value is -1.58. The van der Waals surface area contributed by atoms with Crippen molar-refractivity contribution in [3.8, 4) is 17.2 Å². The minimum atomic E-state index is 0. The first kappa shape index (κ1) is 15.5. The number of ether oxygens (including phenoxy) is 2. The highest BCUT2D eigenvalue weighted by Gasteiger charge is 2.01. The molecule has 0 radical (unpaired) electrons. The van der Waals surface area contributed by atoms with Crippen LogP contribution >= 0.6 is 24.6 Å². The summed E-state index contributed by atoms with van der Waals surface area (Å²) in [5, 5.41) is 0.576. The molecular formula is C15H15ClO2S. The zero-order valence-corrected chi connectivity index (χ0v) is 12.2. The van der Waals surface area contributed by atoms with Gasteiger partial charge in [0, 0.05) is 12.5 Å². The van der Waals surface area contributed by atoms with Gasteiger partial charge in [0.15, 0.2) is 5.05 Å². The minimum absolute atomic E-state index is 0. The van der Waals surface area contributed by atoms with Crippen molar-refractivity contribution < 1.29 is 9.47 Å². The summed E-state index contributed by atoms with van der Waals surface area (Å²) in [7, 11) is 0. The molecule has 0 atom stereocenters. The molecule has 0 unspecified atom stereocenters. The average Bonchev–Trinajstić information content (AvgIpc) is 2.40. The van der Waals surface area contributed by atoms with E-state index in [2.05, 4.69) is 0 Å². The smallest absolute Gasteiger partial charge is 0.167 e. The van der Waals surface area contributed by atoms with E-state index in [9.17, 15) is 0 Å². The van der Waals surface area contributed by atoms with Crippen molar-refractivity contribution >= 4 is 29.7 Å². The summed E-state index contributed by atoms with van der Waals surface area (Å²) < 4.78 is 11.2. The maximum atomic E-state index is 5.71. The molecule has 0 saturated heterocycles. The van der Waals surface area contributed by atoms with Crippen molar-refractivity contribution in [1.82, 2.24) is 0 Å². The van der Waals surface area contributed by atoms with Crippen molar-refractivity contribution in [2.45, 2.75) is 13.3 Å². The molecule has 0 fully saturated rings. The van der Waals surface area contributed by atoms with Gasteiger partial charge in [-0.3, -0.25) is 0 Å². The average molecular weight is 295 g/mol. The number of hydrogen-bond acceptors (Lipinski definition) is 3. The van der Waals surface area contributed by atoms with Crippen LogP contribution in [-0.4, -0.2) is 5.05 Å². The van der Waals surface area contributed by atoms with Crippen molar-refractivity contribution in [3.05, 3.63) is 54.6 Å². The number of hydrogen-bond donors (Lipinski definition) is 0. The molecule has 0 aliphatic rings. The van der Waals surface area contributed by atoms with Crippen LogP contribution in [0.1, 0.15) is 13.3 Å². The van der Waals surface area contributed by atoms with E-state index in [0.717, 1.165) is 17.9 Å². The predicted octanol–water partition coefficient (Wildman–Crippen LogP) is 5.02. The van der Waals surface area contributed by atoms with Gasteiger partial charge in [-0.1, -0.05) is 31.2 Å². The standard InChI is InChI=1S/C15H14O2S.ClH/c1-2-15(18)17-14-10-6-9-13(11-14)16-12-7-4-3-5-8-12;/h3-11H,2H2,1H3;1H. The fourth-order valence-corrected chi connectivity index (χ4v) is 1.53. The van der Waals surface area contributed by atoms with Gasteiger partial charge in [-0.2, -0.15) is 0 Å². The predicted molar refractivity (Wildman–Crippen MR) is 83.7 cm³/mol. The highest BCUT2D eigenvalue weighted by atomic mass is 35.5. The molecule has 19 heavy (non-hydrogen) atoms. The third kappa shape index (κ3) is 4.89. The van der Waals surface area contributed by atoms with E-state index in [1.165, 1.54) is 0 Å². The summed E-state index contributed by atoms with van der Waals surface area (Å²) in [6.45, 7) is 1.96. The molecule has 2 aromatic rings. The molecule has 0 spiro atoms. The fraction of sp³-hybridized carbons (Fsp3) is 0.133. The molecule has 4 heteroatoms. The summed E-state index contributed by atoms with van der Waals surface area (Å²) in [6, 6.07) is 17.1. The van der Waals surface area contributed by atoms with Gasteiger partial charge in [0.25, 0.3) is 0 Å². The fourth-order valence-electron chi connectivity index (χ4n) is 1.43. The van der Waals surface area contributed by atoms with Crippen LogP contribution in [-0.2, 0) is 0 Å². The molecule has 100 valence electrons. The second kappa shape index (κ2) is 7.77. The van der Waals surface area contributed by atoms with Crippen LogP contribution in [0, 0.1) is 0 Å². The van der Waals surface area contributed by atoms with Crippen LogP contribution in [0.15, 0.2) is 54.6 Å². The van der Waals surface area contributed by atoms with Crippen LogP contribution in [0.4, 0.5) is 0 Å². The quantitative estimate of drug-likeness (QED) is 0.738. The van der Waals surface area contributed by atoms with Crippen molar-refractivity contribution in [3.63, 3.8) is 0 Å². The molecule has 2 aromatic carbocycles. The number of rotatable bonds is 4. The summed E-state index contributed by atoms with van der Waals surface area (Å²) in [5.74, 6) is 2.24. The summed E-state index contributed by atoms with van der Waals surface area (Å²) in [6.07, 6.45) is 0.721. The molecule has 0 saturated carbocycles. The van der Waals surface area contributed by atoms with E-state index >= 15 is 0 Å². The Morgan fingerprint density at radius 2 is 1.58 bits per heavy atom. The largest absolute Gasteiger partial charge is 0.457 e. The second-order valence-corrected chi connectivity index (χ2v) is 4.17. The molecule has 0 amide bonds. The maximum absolute atomic E-state index is 5.71. The lowest BCUT2D eigenvalue weighted by atomic mass is 10.3. The lowest BCUT2D eigenvalue weighted by Crippen LogP contribution is -2.02. The lowest BCUT2D eigenvalue weighted by Gasteiger charge is -2.08. The van der Waals surface area contributed by atoms with E-state index in [0.29, 0.717) is 10.8 Å². The van der Waals surface area contributed by atoms with Gasteiger partial charge in [0.1, 0.15) is 17.2 Å². The maximum Gasteiger partial charge on any atom is 0.167 e. The summed E-state index contributed by atoms with van der Waals surface area (Å²) >= 11 is 5.05. The Balaban J connectivity index is 0.00000180. The van der Waals surface area contributed by atoms with Gasteiger partial charge in [-0.15, -0.1) is 12.4 Å². The van der Waals surface area contributed by atoms with E-state index in [-0.39, 0.29) is 12.4 Å². The molecule has 0 heterocycles. The first-order valence-electron chi connectivity index (χ1n) is 5.81. The van der Waals surface area contributed by atoms with E-state index in [4.69, 9.17) is 21.7 Å². The normalized spacial score (nSPS) is 9.32. The van der Waals surface area contributed by atoms with Gasteiger partial charge < -0.3 is 9.47 Å². The van der Waals surface area contributed by atoms with E-state index < -0.39 is 0 Å². The summed E-state index contributed by atoms with van der Waals surface area (Å²) in [5.41, 5.74) is 0. The van der Waals surface area contributed by atoms with Gasteiger partial charge >= 0.3 is 0 Å². The van der Waals surface area contributed by atoms with Gasteiger partial charge in [0.2, 0.25) is 0 Å². The van der Waals surface area contributed by atoms with Gasteiger partial charge in [-0.25, -0.2) is 0 Å². The molecule has 2 nitrogen and oxygen atoms in total. The van der Waals surface area contributed by atoms with E-state index in [1.54, 1.807) is 0 Å². The van der Waals surface area contributed by atoms with Gasteiger partial charge in [-0.05, 0) is 36.5 Å². The Morgan fingerprint density at radius 1 is 0.947 bits per heavy atom. The zero-order valence-electron chi connectivity index (χ0n) is 10.5. The lowest BCUT2D eigenvalue weighted by molar-refractivity contribution is 0.476. The monoisotopic (exact) mass is 294 g/mol. The zero-order chi connectivity index (χ0) is 12.8. The number of benzene rings is 2. The van der Waals surface area contributed by atoms with Crippen molar-refractivity contribution in [2.24, 2.45) is 0 Å². The molecule has 0 aliphatic heterocycles. The minimum Gasteiger partial charge on any atom is -0.457 e. The van der Waals surface area contributed by atoms with Crippen LogP contribution in [0.25, 0.3) is 0 Å². The number of halogens is 1. The first-order valence-corrected chi connectivity index (χ1v) is 6.22. The van der Waals surface area contributed by atoms with Crippen LogP contribution in [0.5, 0.6) is 17.2 Å². The highest BCUT2D eigenvalue weighted by molar-refractivity contribution is 7.80. The van der Waals surface area contributed by atoms with Gasteiger partial charge in [0.05, 0.1) is 0 Å². The topological polar surface area (TPSA) is 18.5 Å². The molecule has 0 N–H and O–H groups in total. The molecular weight excluding hydrogens is 280 g/mol. The van der Waals surface area contributed by atoms with E-state index in [1.807, 2.05) is 61.5 Å². The Labute approximate surface area is 124 Å².